The summed E-state index contributed by atoms with van der Waals surface area (Å²) in [6.07, 6.45) is 2.62. The molecule has 0 radical (unpaired) electrons. The lowest BCUT2D eigenvalue weighted by molar-refractivity contribution is -0.136. The lowest BCUT2D eigenvalue weighted by Crippen LogP contribution is -2.41. The summed E-state index contributed by atoms with van der Waals surface area (Å²) in [7, 11) is 3.10. The molecule has 1 aromatic carbocycles. The van der Waals surface area contributed by atoms with Gasteiger partial charge in [0.05, 0.1) is 12.1 Å². The van der Waals surface area contributed by atoms with Crippen molar-refractivity contribution >= 4 is 23.2 Å². The summed E-state index contributed by atoms with van der Waals surface area (Å²) in [6, 6.07) is 5.13. The van der Waals surface area contributed by atoms with E-state index in [9.17, 15) is 4.79 Å². The van der Waals surface area contributed by atoms with Crippen LogP contribution in [0.1, 0.15) is 33.1 Å². The van der Waals surface area contributed by atoms with Gasteiger partial charge in [-0.2, -0.15) is 0 Å². The van der Waals surface area contributed by atoms with E-state index in [0.717, 1.165) is 12.8 Å². The second-order valence-electron chi connectivity index (χ2n) is 4.84. The first-order valence-corrected chi connectivity index (χ1v) is 7.04. The molecule has 0 aliphatic rings. The fraction of sp³-hybridized carbons (Fsp3) is 0.533. The van der Waals surface area contributed by atoms with Crippen LogP contribution in [-0.4, -0.2) is 25.7 Å². The van der Waals surface area contributed by atoms with Crippen LogP contribution in [0.3, 0.4) is 0 Å². The molecule has 5 heteroatoms. The first-order valence-electron chi connectivity index (χ1n) is 6.67. The van der Waals surface area contributed by atoms with Crippen LogP contribution < -0.4 is 10.1 Å². The number of nitrogens with one attached hydrogen (secondary N) is 1. The van der Waals surface area contributed by atoms with Crippen molar-refractivity contribution in [2.45, 2.75) is 38.7 Å². The maximum atomic E-state index is 12.3. The van der Waals surface area contributed by atoms with Gasteiger partial charge in [0.15, 0.2) is 0 Å². The topological polar surface area (TPSA) is 47.6 Å². The molecule has 1 aromatic rings. The first kappa shape index (κ1) is 16.8. The van der Waals surface area contributed by atoms with Crippen LogP contribution in [-0.2, 0) is 9.53 Å². The zero-order chi connectivity index (χ0) is 15.2. The smallest absolute Gasteiger partial charge is 0.256 e. The third-order valence-electron chi connectivity index (χ3n) is 3.35. The Kier molecular flexibility index (Phi) is 6.30. The normalized spacial score (nSPS) is 13.7. The number of unbranched alkanes of at least 4 members (excludes halogenated alkanes) is 1. The molecule has 4 nitrogen and oxygen atoms in total. The maximum Gasteiger partial charge on any atom is 0.256 e. The minimum Gasteiger partial charge on any atom is -0.495 e. The van der Waals surface area contributed by atoms with Gasteiger partial charge in [0.25, 0.3) is 5.91 Å². The van der Waals surface area contributed by atoms with Crippen molar-refractivity contribution < 1.29 is 14.3 Å². The molecule has 112 valence electrons. The van der Waals surface area contributed by atoms with Crippen molar-refractivity contribution in [3.63, 3.8) is 0 Å². The number of anilines is 1. The van der Waals surface area contributed by atoms with E-state index in [2.05, 4.69) is 12.2 Å². The minimum absolute atomic E-state index is 0.172. The Morgan fingerprint density at radius 2 is 2.10 bits per heavy atom. The molecule has 1 amide bonds. The summed E-state index contributed by atoms with van der Waals surface area (Å²) in [5, 5.41) is 3.29. The van der Waals surface area contributed by atoms with E-state index in [1.54, 1.807) is 39.3 Å². The van der Waals surface area contributed by atoms with Crippen molar-refractivity contribution in [1.29, 1.82) is 0 Å². The third kappa shape index (κ3) is 4.12. The lowest BCUT2D eigenvalue weighted by Gasteiger charge is -2.26. The highest BCUT2D eigenvalue weighted by atomic mass is 35.5. The number of halogens is 1. The second-order valence-corrected chi connectivity index (χ2v) is 5.25. The van der Waals surface area contributed by atoms with Crippen molar-refractivity contribution in [3.8, 4) is 5.75 Å². The molecular weight excluding hydrogens is 278 g/mol. The molecule has 0 saturated carbocycles. The van der Waals surface area contributed by atoms with Crippen LogP contribution in [0.15, 0.2) is 18.2 Å². The molecule has 0 bridgehead atoms. The molecule has 0 saturated heterocycles. The van der Waals surface area contributed by atoms with Crippen LogP contribution in [0.5, 0.6) is 5.75 Å². The molecule has 1 unspecified atom stereocenters. The van der Waals surface area contributed by atoms with Gasteiger partial charge < -0.3 is 14.8 Å². The Hall–Kier alpha value is -1.26. The van der Waals surface area contributed by atoms with E-state index < -0.39 is 5.60 Å². The average Bonchev–Trinajstić information content (AvgIpc) is 2.44. The van der Waals surface area contributed by atoms with Gasteiger partial charge >= 0.3 is 0 Å². The zero-order valence-electron chi connectivity index (χ0n) is 12.5. The molecule has 0 fully saturated rings. The molecule has 0 aromatic heterocycles. The van der Waals surface area contributed by atoms with Gasteiger partial charge in [-0.25, -0.2) is 0 Å². The Bertz CT molecular complexity index is 464. The van der Waals surface area contributed by atoms with Gasteiger partial charge in [0.1, 0.15) is 11.4 Å². The number of carbonyl (C=O) groups excluding carboxylic acids is 1. The van der Waals surface area contributed by atoms with Crippen LogP contribution >= 0.6 is 11.6 Å². The van der Waals surface area contributed by atoms with Gasteiger partial charge in [-0.1, -0.05) is 31.4 Å². The Balaban J connectivity index is 2.80. The van der Waals surface area contributed by atoms with Gasteiger partial charge in [0, 0.05) is 12.8 Å². The Labute approximate surface area is 125 Å². The second kappa shape index (κ2) is 7.50. The monoisotopic (exact) mass is 299 g/mol. The highest BCUT2D eigenvalue weighted by Gasteiger charge is 2.32. The van der Waals surface area contributed by atoms with E-state index in [1.807, 2.05) is 0 Å². The molecule has 0 spiro atoms. The number of ether oxygens (including phenoxy) is 2. The van der Waals surface area contributed by atoms with Crippen molar-refractivity contribution in [1.82, 2.24) is 0 Å². The number of rotatable bonds is 7. The predicted molar refractivity (Wildman–Crippen MR) is 81.6 cm³/mol. The fourth-order valence-corrected chi connectivity index (χ4v) is 2.09. The van der Waals surface area contributed by atoms with Gasteiger partial charge in [0.2, 0.25) is 0 Å². The summed E-state index contributed by atoms with van der Waals surface area (Å²) < 4.78 is 10.5. The summed E-state index contributed by atoms with van der Waals surface area (Å²) in [5.74, 6) is 0.403. The lowest BCUT2D eigenvalue weighted by atomic mass is 9.97. The predicted octanol–water partition coefficient (Wildman–Crippen LogP) is 3.88. The molecule has 20 heavy (non-hydrogen) atoms. The third-order valence-corrected chi connectivity index (χ3v) is 3.64. The molecular formula is C15H22ClNO3. The van der Waals surface area contributed by atoms with E-state index in [1.165, 1.54) is 0 Å². The van der Waals surface area contributed by atoms with Crippen LogP contribution in [0.25, 0.3) is 0 Å². The Morgan fingerprint density at radius 3 is 2.60 bits per heavy atom. The molecule has 1 atom stereocenters. The van der Waals surface area contributed by atoms with E-state index in [-0.39, 0.29) is 5.91 Å². The van der Waals surface area contributed by atoms with Crippen molar-refractivity contribution in [2.75, 3.05) is 19.5 Å². The minimum atomic E-state index is -0.831. The van der Waals surface area contributed by atoms with Crippen LogP contribution in [0.2, 0.25) is 5.02 Å². The van der Waals surface area contributed by atoms with Crippen molar-refractivity contribution in [3.05, 3.63) is 23.2 Å². The summed E-state index contributed by atoms with van der Waals surface area (Å²) in [5.41, 5.74) is -0.205. The maximum absolute atomic E-state index is 12.3. The number of hydrogen-bond donors (Lipinski definition) is 1. The van der Waals surface area contributed by atoms with Crippen LogP contribution in [0.4, 0.5) is 5.69 Å². The fourth-order valence-electron chi connectivity index (χ4n) is 1.83. The van der Waals surface area contributed by atoms with Gasteiger partial charge in [-0.3, -0.25) is 4.79 Å². The molecule has 1 rings (SSSR count). The molecule has 1 N–H and O–H groups in total. The van der Waals surface area contributed by atoms with Crippen molar-refractivity contribution in [2.24, 2.45) is 0 Å². The van der Waals surface area contributed by atoms with Crippen LogP contribution in [0, 0.1) is 0 Å². The zero-order valence-corrected chi connectivity index (χ0v) is 13.2. The van der Waals surface area contributed by atoms with E-state index in [0.29, 0.717) is 22.9 Å². The first-order chi connectivity index (χ1) is 9.46. The largest absolute Gasteiger partial charge is 0.495 e. The number of hydrogen-bond acceptors (Lipinski definition) is 3. The number of methoxy groups -OCH3 is 2. The SMILES string of the molecule is CCCCC(C)(OC)C(=O)Nc1ccc(OC)c(Cl)c1. The number of amides is 1. The highest BCUT2D eigenvalue weighted by molar-refractivity contribution is 6.32. The number of carbonyl (C=O) groups is 1. The quantitative estimate of drug-likeness (QED) is 0.831. The summed E-state index contributed by atoms with van der Waals surface area (Å²) in [4.78, 5) is 12.3. The van der Waals surface area contributed by atoms with E-state index in [4.69, 9.17) is 21.1 Å². The number of benzene rings is 1. The van der Waals surface area contributed by atoms with Gasteiger partial charge in [-0.15, -0.1) is 0 Å². The van der Waals surface area contributed by atoms with E-state index >= 15 is 0 Å². The van der Waals surface area contributed by atoms with Gasteiger partial charge in [-0.05, 0) is 31.5 Å². The molecule has 0 aliphatic carbocycles. The standard InChI is InChI=1S/C15H22ClNO3/c1-5-6-9-15(2,20-4)14(18)17-11-7-8-13(19-3)12(16)10-11/h7-8,10H,5-6,9H2,1-4H3,(H,17,18). The Morgan fingerprint density at radius 1 is 1.40 bits per heavy atom. The highest BCUT2D eigenvalue weighted by Crippen LogP contribution is 2.28. The molecule has 0 heterocycles. The summed E-state index contributed by atoms with van der Waals surface area (Å²) >= 11 is 6.04. The average molecular weight is 300 g/mol. The summed E-state index contributed by atoms with van der Waals surface area (Å²) in [6.45, 7) is 3.88. The molecule has 0 aliphatic heterocycles.